The second-order valence-electron chi connectivity index (χ2n) is 3.94. The predicted octanol–water partition coefficient (Wildman–Crippen LogP) is 0.166. The summed E-state index contributed by atoms with van der Waals surface area (Å²) < 4.78 is 1.62. The molecule has 0 radical (unpaired) electrons. The number of aryl methyl sites for hydroxylation is 2. The summed E-state index contributed by atoms with van der Waals surface area (Å²) in [6.45, 7) is 2.25. The standard InChI is InChI=1S/C10H13N3O3/c1-6-8(5-12(2)11-6)13-4-3-7(9(13)14)10(15)16/h5,7H,3-4H2,1-2H3,(H,15,16). The highest BCUT2D eigenvalue weighted by molar-refractivity contribution is 6.07. The van der Waals surface area contributed by atoms with Crippen LogP contribution in [0, 0.1) is 12.8 Å². The highest BCUT2D eigenvalue weighted by Crippen LogP contribution is 2.27. The molecule has 0 aliphatic carbocycles. The van der Waals surface area contributed by atoms with Crippen LogP contribution in [-0.4, -0.2) is 33.3 Å². The van der Waals surface area contributed by atoms with E-state index in [2.05, 4.69) is 5.10 Å². The van der Waals surface area contributed by atoms with Crippen LogP contribution in [0.4, 0.5) is 5.69 Å². The second-order valence-corrected chi connectivity index (χ2v) is 3.94. The predicted molar refractivity (Wildman–Crippen MR) is 56.0 cm³/mol. The minimum atomic E-state index is -1.05. The van der Waals surface area contributed by atoms with E-state index in [0.29, 0.717) is 18.7 Å². The van der Waals surface area contributed by atoms with E-state index in [4.69, 9.17) is 5.11 Å². The first-order valence-electron chi connectivity index (χ1n) is 5.05. The number of carbonyl (C=O) groups is 2. The highest BCUT2D eigenvalue weighted by Gasteiger charge is 2.38. The minimum absolute atomic E-state index is 0.344. The maximum atomic E-state index is 11.8. The summed E-state index contributed by atoms with van der Waals surface area (Å²) in [5, 5.41) is 13.0. The summed E-state index contributed by atoms with van der Waals surface area (Å²) in [6.07, 6.45) is 2.10. The van der Waals surface area contributed by atoms with Crippen LogP contribution in [0.2, 0.25) is 0 Å². The van der Waals surface area contributed by atoms with Crippen molar-refractivity contribution in [3.8, 4) is 0 Å². The third-order valence-corrected chi connectivity index (χ3v) is 2.78. The second kappa shape index (κ2) is 3.62. The van der Waals surface area contributed by atoms with Gasteiger partial charge in [-0.3, -0.25) is 14.3 Å². The molecule has 1 N–H and O–H groups in total. The van der Waals surface area contributed by atoms with Gasteiger partial charge in [0.1, 0.15) is 5.92 Å². The Labute approximate surface area is 92.5 Å². The largest absolute Gasteiger partial charge is 0.481 e. The van der Waals surface area contributed by atoms with Crippen LogP contribution < -0.4 is 4.90 Å². The molecule has 1 aliphatic heterocycles. The third kappa shape index (κ3) is 1.56. The zero-order chi connectivity index (χ0) is 11.9. The number of hydrogen-bond acceptors (Lipinski definition) is 3. The highest BCUT2D eigenvalue weighted by atomic mass is 16.4. The van der Waals surface area contributed by atoms with Crippen LogP contribution in [0.25, 0.3) is 0 Å². The molecule has 0 aromatic carbocycles. The number of rotatable bonds is 2. The maximum Gasteiger partial charge on any atom is 0.316 e. The van der Waals surface area contributed by atoms with Crippen molar-refractivity contribution in [2.24, 2.45) is 13.0 Å². The van der Waals surface area contributed by atoms with Crippen LogP contribution in [0.3, 0.4) is 0 Å². The molecule has 1 saturated heterocycles. The third-order valence-electron chi connectivity index (χ3n) is 2.78. The number of carboxylic acid groups (broad SMARTS) is 1. The van der Waals surface area contributed by atoms with Gasteiger partial charge in [0.2, 0.25) is 5.91 Å². The molecule has 1 atom stereocenters. The van der Waals surface area contributed by atoms with E-state index in [1.807, 2.05) is 0 Å². The maximum absolute atomic E-state index is 11.8. The molecule has 16 heavy (non-hydrogen) atoms. The van der Waals surface area contributed by atoms with Gasteiger partial charge in [-0.05, 0) is 13.3 Å². The van der Waals surface area contributed by atoms with Gasteiger partial charge in [-0.2, -0.15) is 5.10 Å². The first-order valence-corrected chi connectivity index (χ1v) is 5.05. The molecule has 2 rings (SSSR count). The van der Waals surface area contributed by atoms with E-state index in [-0.39, 0.29) is 5.91 Å². The first kappa shape index (κ1) is 10.7. The number of aromatic nitrogens is 2. The van der Waals surface area contributed by atoms with Gasteiger partial charge in [-0.1, -0.05) is 0 Å². The number of hydrogen-bond donors (Lipinski definition) is 1. The molecule has 1 aromatic heterocycles. The number of aliphatic carboxylic acids is 1. The van der Waals surface area contributed by atoms with Gasteiger partial charge in [0.15, 0.2) is 0 Å². The average Bonchev–Trinajstić information content (AvgIpc) is 2.69. The normalized spacial score (nSPS) is 20.5. The molecular weight excluding hydrogens is 210 g/mol. The lowest BCUT2D eigenvalue weighted by atomic mass is 10.1. The van der Waals surface area contributed by atoms with Crippen molar-refractivity contribution >= 4 is 17.6 Å². The van der Waals surface area contributed by atoms with Gasteiger partial charge in [-0.25, -0.2) is 0 Å². The van der Waals surface area contributed by atoms with Gasteiger partial charge < -0.3 is 10.0 Å². The van der Waals surface area contributed by atoms with E-state index in [9.17, 15) is 9.59 Å². The van der Waals surface area contributed by atoms with Crippen molar-refractivity contribution in [2.75, 3.05) is 11.4 Å². The van der Waals surface area contributed by atoms with E-state index < -0.39 is 11.9 Å². The molecule has 1 unspecified atom stereocenters. The Morgan fingerprint density at radius 3 is 2.75 bits per heavy atom. The average molecular weight is 223 g/mol. The SMILES string of the molecule is Cc1nn(C)cc1N1CCC(C(=O)O)C1=O. The molecule has 1 aromatic rings. The van der Waals surface area contributed by atoms with Crippen molar-refractivity contribution in [3.05, 3.63) is 11.9 Å². The lowest BCUT2D eigenvalue weighted by molar-refractivity contribution is -0.144. The smallest absolute Gasteiger partial charge is 0.316 e. The lowest BCUT2D eigenvalue weighted by Gasteiger charge is -2.14. The molecule has 1 aliphatic rings. The lowest BCUT2D eigenvalue weighted by Crippen LogP contribution is -2.30. The van der Waals surface area contributed by atoms with Crippen LogP contribution in [0.1, 0.15) is 12.1 Å². The van der Waals surface area contributed by atoms with Crippen molar-refractivity contribution in [1.82, 2.24) is 9.78 Å². The van der Waals surface area contributed by atoms with Gasteiger partial charge >= 0.3 is 5.97 Å². The monoisotopic (exact) mass is 223 g/mol. The number of anilines is 1. The summed E-state index contributed by atoms with van der Waals surface area (Å²) in [7, 11) is 1.77. The molecule has 6 nitrogen and oxygen atoms in total. The Hall–Kier alpha value is -1.85. The zero-order valence-corrected chi connectivity index (χ0v) is 9.17. The summed E-state index contributed by atoms with van der Waals surface area (Å²) in [6, 6.07) is 0. The fourth-order valence-electron chi connectivity index (χ4n) is 2.00. The van der Waals surface area contributed by atoms with Crippen LogP contribution >= 0.6 is 0 Å². The number of carbonyl (C=O) groups excluding carboxylic acids is 1. The van der Waals surface area contributed by atoms with Crippen molar-refractivity contribution in [1.29, 1.82) is 0 Å². The quantitative estimate of drug-likeness (QED) is 0.725. The van der Waals surface area contributed by atoms with Gasteiger partial charge in [0.25, 0.3) is 0 Å². The summed E-state index contributed by atoms with van der Waals surface area (Å²) in [4.78, 5) is 24.1. The summed E-state index contributed by atoms with van der Waals surface area (Å²) >= 11 is 0. The summed E-state index contributed by atoms with van der Waals surface area (Å²) in [5.41, 5.74) is 1.44. The number of amides is 1. The first-order chi connectivity index (χ1) is 7.50. The van der Waals surface area contributed by atoms with Gasteiger partial charge in [0.05, 0.1) is 11.4 Å². The molecule has 0 saturated carbocycles. The Balaban J connectivity index is 2.28. The van der Waals surface area contributed by atoms with Gasteiger partial charge in [-0.15, -0.1) is 0 Å². The van der Waals surface area contributed by atoms with E-state index in [0.717, 1.165) is 5.69 Å². The van der Waals surface area contributed by atoms with Gasteiger partial charge in [0, 0.05) is 19.8 Å². The van der Waals surface area contributed by atoms with E-state index in [1.54, 1.807) is 24.9 Å². The number of nitrogens with zero attached hydrogens (tertiary/aromatic N) is 3. The molecule has 6 heteroatoms. The molecule has 2 heterocycles. The number of carboxylic acids is 1. The van der Waals surface area contributed by atoms with Crippen molar-refractivity contribution < 1.29 is 14.7 Å². The molecule has 0 spiro atoms. The van der Waals surface area contributed by atoms with Crippen LogP contribution in [0.15, 0.2) is 6.20 Å². The van der Waals surface area contributed by atoms with E-state index in [1.165, 1.54) is 4.90 Å². The topological polar surface area (TPSA) is 75.4 Å². The van der Waals surface area contributed by atoms with Crippen LogP contribution in [0.5, 0.6) is 0 Å². The Kier molecular flexibility index (Phi) is 2.41. The summed E-state index contributed by atoms with van der Waals surface area (Å²) in [5.74, 6) is -2.29. The fourth-order valence-corrected chi connectivity index (χ4v) is 2.00. The van der Waals surface area contributed by atoms with E-state index >= 15 is 0 Å². The zero-order valence-electron chi connectivity index (χ0n) is 9.17. The van der Waals surface area contributed by atoms with Crippen LogP contribution in [-0.2, 0) is 16.6 Å². The molecule has 0 bridgehead atoms. The molecule has 1 amide bonds. The van der Waals surface area contributed by atoms with Crippen molar-refractivity contribution in [2.45, 2.75) is 13.3 Å². The Bertz CT molecular complexity index is 452. The molecule has 86 valence electrons. The van der Waals surface area contributed by atoms with Crippen molar-refractivity contribution in [3.63, 3.8) is 0 Å². The fraction of sp³-hybridized carbons (Fsp3) is 0.500. The molecular formula is C10H13N3O3. The molecule has 1 fully saturated rings. The minimum Gasteiger partial charge on any atom is -0.481 e. The Morgan fingerprint density at radius 2 is 2.31 bits per heavy atom. The Morgan fingerprint density at radius 1 is 1.62 bits per heavy atom.